The number of anilines is 1. The summed E-state index contributed by atoms with van der Waals surface area (Å²) >= 11 is 0. The second-order valence-corrected chi connectivity index (χ2v) is 5.23. The summed E-state index contributed by atoms with van der Waals surface area (Å²) in [5.74, 6) is 0.804. The van der Waals surface area contributed by atoms with Gasteiger partial charge >= 0.3 is 5.69 Å². The molecule has 0 unspecified atom stereocenters. The molecule has 8 nitrogen and oxygen atoms in total. The zero-order valence-electron chi connectivity index (χ0n) is 11.7. The number of hydrogen-bond acceptors (Lipinski definition) is 6. The summed E-state index contributed by atoms with van der Waals surface area (Å²) in [7, 11) is 0. The Bertz CT molecular complexity index is 648. The lowest BCUT2D eigenvalue weighted by Gasteiger charge is -2.31. The first kappa shape index (κ1) is 13.5. The molecule has 3 rings (SSSR count). The van der Waals surface area contributed by atoms with E-state index in [0.29, 0.717) is 11.7 Å². The van der Waals surface area contributed by atoms with Gasteiger partial charge in [0.25, 0.3) is 0 Å². The molecule has 1 aliphatic rings. The average molecular weight is 288 g/mol. The molecule has 21 heavy (non-hydrogen) atoms. The Morgan fingerprint density at radius 3 is 2.81 bits per heavy atom. The van der Waals surface area contributed by atoms with E-state index in [1.165, 1.54) is 12.5 Å². The monoisotopic (exact) mass is 288 g/mol. The van der Waals surface area contributed by atoms with Crippen LogP contribution in [0.1, 0.15) is 30.1 Å². The first-order chi connectivity index (χ1) is 10.1. The minimum atomic E-state index is -0.432. The topological polar surface area (TPSA) is 101 Å². The number of hydrogen-bond donors (Lipinski definition) is 1. The van der Waals surface area contributed by atoms with E-state index in [1.807, 2.05) is 11.8 Å². The number of nitrogens with one attached hydrogen (secondary N) is 1. The normalized spacial score (nSPS) is 16.1. The summed E-state index contributed by atoms with van der Waals surface area (Å²) in [5.41, 5.74) is 2.09. The third-order valence-corrected chi connectivity index (χ3v) is 3.81. The Kier molecular flexibility index (Phi) is 3.51. The van der Waals surface area contributed by atoms with Gasteiger partial charge in [-0.2, -0.15) is 5.10 Å². The Hall–Kier alpha value is -2.51. The van der Waals surface area contributed by atoms with E-state index < -0.39 is 4.92 Å². The average Bonchev–Trinajstić information content (AvgIpc) is 2.94. The number of H-pyrrole nitrogens is 1. The van der Waals surface area contributed by atoms with Gasteiger partial charge in [-0.15, -0.1) is 0 Å². The Labute approximate surface area is 121 Å². The first-order valence-electron chi connectivity index (χ1n) is 6.86. The van der Waals surface area contributed by atoms with E-state index in [-0.39, 0.29) is 5.69 Å². The number of aromatic amines is 1. The van der Waals surface area contributed by atoms with Gasteiger partial charge in [0.05, 0.1) is 10.6 Å². The second-order valence-electron chi connectivity index (χ2n) is 5.23. The van der Waals surface area contributed by atoms with Crippen molar-refractivity contribution in [3.8, 4) is 0 Å². The largest absolute Gasteiger partial charge is 0.351 e. The highest BCUT2D eigenvalue weighted by Gasteiger charge is 2.27. The van der Waals surface area contributed by atoms with E-state index in [2.05, 4.69) is 26.2 Å². The maximum Gasteiger partial charge on any atom is 0.329 e. The third-order valence-electron chi connectivity index (χ3n) is 3.81. The van der Waals surface area contributed by atoms with Crippen LogP contribution in [-0.2, 0) is 0 Å². The first-order valence-corrected chi connectivity index (χ1v) is 6.86. The number of nitro groups is 1. The van der Waals surface area contributed by atoms with Gasteiger partial charge in [-0.05, 0) is 25.8 Å². The zero-order chi connectivity index (χ0) is 14.8. The molecule has 0 amide bonds. The van der Waals surface area contributed by atoms with Crippen molar-refractivity contribution < 1.29 is 4.92 Å². The third kappa shape index (κ3) is 2.69. The summed E-state index contributed by atoms with van der Waals surface area (Å²) in [4.78, 5) is 20.4. The van der Waals surface area contributed by atoms with Crippen LogP contribution in [0.5, 0.6) is 0 Å². The van der Waals surface area contributed by atoms with Gasteiger partial charge in [0.2, 0.25) is 5.82 Å². The molecule has 1 aliphatic heterocycles. The highest BCUT2D eigenvalue weighted by molar-refractivity contribution is 5.56. The fourth-order valence-electron chi connectivity index (χ4n) is 2.72. The van der Waals surface area contributed by atoms with Crippen LogP contribution in [0.15, 0.2) is 18.6 Å². The van der Waals surface area contributed by atoms with Crippen molar-refractivity contribution in [2.24, 2.45) is 0 Å². The molecule has 0 aromatic carbocycles. The summed E-state index contributed by atoms with van der Waals surface area (Å²) in [6.45, 7) is 3.44. The number of nitrogens with zero attached hydrogens (tertiary/aromatic N) is 5. The van der Waals surface area contributed by atoms with Gasteiger partial charge < -0.3 is 4.90 Å². The molecule has 2 aromatic rings. The molecule has 0 atom stereocenters. The van der Waals surface area contributed by atoms with Crippen molar-refractivity contribution in [2.75, 3.05) is 18.0 Å². The molecule has 1 saturated heterocycles. The highest BCUT2D eigenvalue weighted by Crippen LogP contribution is 2.32. The van der Waals surface area contributed by atoms with Crippen LogP contribution in [0.2, 0.25) is 0 Å². The van der Waals surface area contributed by atoms with Crippen LogP contribution in [-0.4, -0.2) is 38.2 Å². The van der Waals surface area contributed by atoms with Gasteiger partial charge in [-0.25, -0.2) is 9.97 Å². The number of aryl methyl sites for hydroxylation is 1. The van der Waals surface area contributed by atoms with Crippen molar-refractivity contribution >= 4 is 11.5 Å². The molecule has 0 bridgehead atoms. The maximum absolute atomic E-state index is 11.0. The molecule has 0 radical (unpaired) electrons. The van der Waals surface area contributed by atoms with Crippen molar-refractivity contribution in [2.45, 2.75) is 25.7 Å². The molecule has 2 aromatic heterocycles. The predicted molar refractivity (Wildman–Crippen MR) is 76.2 cm³/mol. The minimum Gasteiger partial charge on any atom is -0.351 e. The van der Waals surface area contributed by atoms with Crippen molar-refractivity contribution in [1.82, 2.24) is 20.2 Å². The molecule has 1 fully saturated rings. The van der Waals surface area contributed by atoms with Gasteiger partial charge in [-0.3, -0.25) is 15.2 Å². The molecule has 110 valence electrons. The number of piperidine rings is 1. The summed E-state index contributed by atoms with van der Waals surface area (Å²) in [6, 6.07) is 2.06. The van der Waals surface area contributed by atoms with Crippen LogP contribution in [0.4, 0.5) is 11.5 Å². The number of aromatic nitrogens is 4. The maximum atomic E-state index is 11.0. The SMILES string of the molecule is Cc1cc(C2CCN(c3ncncc3[N+](=O)[O-])CC2)n[nH]1. The van der Waals surface area contributed by atoms with Gasteiger partial charge in [0.15, 0.2) is 0 Å². The highest BCUT2D eigenvalue weighted by atomic mass is 16.6. The summed E-state index contributed by atoms with van der Waals surface area (Å²) in [5, 5.41) is 18.3. The van der Waals surface area contributed by atoms with Gasteiger partial charge in [-0.1, -0.05) is 0 Å². The smallest absolute Gasteiger partial charge is 0.329 e. The fraction of sp³-hybridized carbons (Fsp3) is 0.462. The van der Waals surface area contributed by atoms with Crippen molar-refractivity contribution in [3.05, 3.63) is 40.1 Å². The van der Waals surface area contributed by atoms with E-state index >= 15 is 0 Å². The Morgan fingerprint density at radius 1 is 1.43 bits per heavy atom. The lowest BCUT2D eigenvalue weighted by Crippen LogP contribution is -2.34. The van der Waals surface area contributed by atoms with E-state index in [1.54, 1.807) is 0 Å². The molecule has 8 heteroatoms. The van der Waals surface area contributed by atoms with Crippen LogP contribution >= 0.6 is 0 Å². The van der Waals surface area contributed by atoms with Crippen LogP contribution in [0.25, 0.3) is 0 Å². The molecular formula is C13H16N6O2. The van der Waals surface area contributed by atoms with Crippen molar-refractivity contribution in [1.29, 1.82) is 0 Å². The van der Waals surface area contributed by atoms with Crippen LogP contribution in [0.3, 0.4) is 0 Å². The molecular weight excluding hydrogens is 272 g/mol. The molecule has 0 spiro atoms. The number of rotatable bonds is 3. The van der Waals surface area contributed by atoms with Gasteiger partial charge in [0.1, 0.15) is 12.5 Å². The summed E-state index contributed by atoms with van der Waals surface area (Å²) < 4.78 is 0. The minimum absolute atomic E-state index is 0.0356. The van der Waals surface area contributed by atoms with Crippen molar-refractivity contribution in [3.63, 3.8) is 0 Å². The zero-order valence-corrected chi connectivity index (χ0v) is 11.7. The molecule has 0 aliphatic carbocycles. The Balaban J connectivity index is 1.73. The fourth-order valence-corrected chi connectivity index (χ4v) is 2.72. The molecule has 1 N–H and O–H groups in total. The standard InChI is InChI=1S/C13H16N6O2/c1-9-6-11(17-16-9)10-2-4-18(5-3-10)13-12(19(20)21)7-14-8-15-13/h6-8,10H,2-5H2,1H3,(H,16,17). The van der Waals surface area contributed by atoms with E-state index in [0.717, 1.165) is 37.3 Å². The molecule has 0 saturated carbocycles. The van der Waals surface area contributed by atoms with Crippen LogP contribution in [0, 0.1) is 17.0 Å². The lowest BCUT2D eigenvalue weighted by molar-refractivity contribution is -0.384. The van der Waals surface area contributed by atoms with E-state index in [4.69, 9.17) is 0 Å². The quantitative estimate of drug-likeness (QED) is 0.682. The van der Waals surface area contributed by atoms with Gasteiger partial charge in [0, 0.05) is 24.7 Å². The molecule has 3 heterocycles. The lowest BCUT2D eigenvalue weighted by atomic mass is 9.93. The van der Waals surface area contributed by atoms with E-state index in [9.17, 15) is 10.1 Å². The summed E-state index contributed by atoms with van der Waals surface area (Å²) in [6.07, 6.45) is 4.42. The van der Waals surface area contributed by atoms with Crippen LogP contribution < -0.4 is 4.90 Å². The second kappa shape index (κ2) is 5.47. The predicted octanol–water partition coefficient (Wildman–Crippen LogP) is 1.80. The Morgan fingerprint density at radius 2 is 2.19 bits per heavy atom.